The number of methoxy groups -OCH3 is 1. The van der Waals surface area contributed by atoms with Crippen LogP contribution in [0.15, 0.2) is 52.1 Å². The monoisotopic (exact) mass is 368 g/mol. The lowest BCUT2D eigenvalue weighted by atomic mass is 10.1. The van der Waals surface area contributed by atoms with Crippen LogP contribution in [-0.2, 0) is 16.9 Å². The molecule has 132 valence electrons. The Kier molecular flexibility index (Phi) is 4.62. The van der Waals surface area contributed by atoms with Gasteiger partial charge in [-0.1, -0.05) is 23.9 Å². The van der Waals surface area contributed by atoms with E-state index >= 15 is 0 Å². The number of esters is 1. The van der Waals surface area contributed by atoms with Gasteiger partial charge < -0.3 is 13.9 Å². The molecule has 0 N–H and O–H groups in total. The summed E-state index contributed by atoms with van der Waals surface area (Å²) < 4.78 is 16.0. The van der Waals surface area contributed by atoms with Gasteiger partial charge in [-0.25, -0.2) is 4.79 Å². The van der Waals surface area contributed by atoms with Gasteiger partial charge in [-0.3, -0.25) is 0 Å². The van der Waals surface area contributed by atoms with Crippen molar-refractivity contribution < 1.29 is 18.7 Å². The molecule has 2 heterocycles. The Morgan fingerprint density at radius 2 is 2.15 bits per heavy atom. The average molecular weight is 368 g/mol. The molecule has 26 heavy (non-hydrogen) atoms. The highest BCUT2D eigenvalue weighted by Gasteiger charge is 2.16. The molecule has 0 fully saturated rings. The first kappa shape index (κ1) is 16.7. The van der Waals surface area contributed by atoms with Crippen molar-refractivity contribution in [3.63, 3.8) is 0 Å². The van der Waals surface area contributed by atoms with Gasteiger partial charge in [-0.05, 0) is 41.5 Å². The number of hydrogen-bond acceptors (Lipinski definition) is 7. The van der Waals surface area contributed by atoms with Gasteiger partial charge in [0.05, 0.1) is 19.3 Å². The molecule has 0 radical (unpaired) electrons. The van der Waals surface area contributed by atoms with Crippen LogP contribution in [0.25, 0.3) is 11.5 Å². The van der Waals surface area contributed by atoms with Gasteiger partial charge in [-0.15, -0.1) is 10.2 Å². The number of carbonyl (C=O) groups excluding carboxylic acids is 1. The van der Waals surface area contributed by atoms with Crippen molar-refractivity contribution in [1.82, 2.24) is 10.2 Å². The zero-order valence-corrected chi connectivity index (χ0v) is 14.9. The van der Waals surface area contributed by atoms with Crippen LogP contribution >= 0.6 is 11.8 Å². The van der Waals surface area contributed by atoms with Crippen LogP contribution in [0.3, 0.4) is 0 Å². The fourth-order valence-corrected chi connectivity index (χ4v) is 3.46. The summed E-state index contributed by atoms with van der Waals surface area (Å²) in [6, 6.07) is 13.2. The average Bonchev–Trinajstić information content (AvgIpc) is 3.34. The van der Waals surface area contributed by atoms with Gasteiger partial charge in [-0.2, -0.15) is 0 Å². The molecule has 0 aliphatic carbocycles. The van der Waals surface area contributed by atoms with E-state index in [9.17, 15) is 4.79 Å². The maximum atomic E-state index is 11.6. The molecule has 1 aromatic heterocycles. The summed E-state index contributed by atoms with van der Waals surface area (Å²) in [4.78, 5) is 11.6. The van der Waals surface area contributed by atoms with Crippen molar-refractivity contribution in [2.24, 2.45) is 0 Å². The lowest BCUT2D eigenvalue weighted by Crippen LogP contribution is -2.01. The minimum atomic E-state index is -0.350. The third kappa shape index (κ3) is 3.43. The van der Waals surface area contributed by atoms with Crippen molar-refractivity contribution in [2.75, 3.05) is 13.7 Å². The summed E-state index contributed by atoms with van der Waals surface area (Å²) in [5.74, 6) is 1.68. The first-order valence-electron chi connectivity index (χ1n) is 8.12. The van der Waals surface area contributed by atoms with Crippen LogP contribution < -0.4 is 4.74 Å². The van der Waals surface area contributed by atoms with E-state index in [1.807, 2.05) is 30.3 Å². The Morgan fingerprint density at radius 3 is 3.04 bits per heavy atom. The molecule has 0 saturated carbocycles. The molecule has 0 bridgehead atoms. The summed E-state index contributed by atoms with van der Waals surface area (Å²) in [7, 11) is 1.37. The summed E-state index contributed by atoms with van der Waals surface area (Å²) in [6.45, 7) is 0.717. The number of nitrogens with zero attached hydrogens (tertiary/aromatic N) is 2. The molecule has 6 nitrogen and oxygen atoms in total. The van der Waals surface area contributed by atoms with Gasteiger partial charge in [0.15, 0.2) is 0 Å². The highest BCUT2D eigenvalue weighted by molar-refractivity contribution is 7.98. The second kappa shape index (κ2) is 7.21. The Labute approximate surface area is 154 Å². The SMILES string of the molecule is COC(=O)c1cccc(CSc2nnc(-c3ccc4c(c3)CCO4)o2)c1. The molecule has 0 saturated heterocycles. The van der Waals surface area contributed by atoms with Gasteiger partial charge in [0.2, 0.25) is 5.89 Å². The third-order valence-electron chi connectivity index (χ3n) is 4.05. The largest absolute Gasteiger partial charge is 0.493 e. The minimum Gasteiger partial charge on any atom is -0.493 e. The summed E-state index contributed by atoms with van der Waals surface area (Å²) >= 11 is 1.43. The zero-order chi connectivity index (χ0) is 17.9. The third-order valence-corrected chi connectivity index (χ3v) is 4.94. The fourth-order valence-electron chi connectivity index (χ4n) is 2.76. The molecule has 0 unspecified atom stereocenters. The molecule has 0 atom stereocenters. The molecule has 2 aromatic carbocycles. The Balaban J connectivity index is 1.45. The van der Waals surface area contributed by atoms with Crippen LogP contribution in [0.1, 0.15) is 21.5 Å². The summed E-state index contributed by atoms with van der Waals surface area (Å²) in [5.41, 5.74) is 3.56. The second-order valence-electron chi connectivity index (χ2n) is 5.77. The molecule has 1 aliphatic rings. The predicted molar refractivity (Wildman–Crippen MR) is 96.3 cm³/mol. The number of benzene rings is 2. The standard InChI is InChI=1S/C19H16N2O4S/c1-23-18(22)15-4-2-3-12(9-15)11-26-19-21-20-17(25-19)14-5-6-16-13(10-14)7-8-24-16/h2-6,9-10H,7-8,11H2,1H3. The van der Waals surface area contributed by atoms with Crippen molar-refractivity contribution in [3.05, 3.63) is 59.2 Å². The number of aromatic nitrogens is 2. The van der Waals surface area contributed by atoms with Crippen LogP contribution in [-0.4, -0.2) is 29.9 Å². The topological polar surface area (TPSA) is 74.5 Å². The van der Waals surface area contributed by atoms with E-state index in [-0.39, 0.29) is 5.97 Å². The molecular weight excluding hydrogens is 352 g/mol. The van der Waals surface area contributed by atoms with Gasteiger partial charge in [0, 0.05) is 17.7 Å². The van der Waals surface area contributed by atoms with Crippen molar-refractivity contribution >= 4 is 17.7 Å². The molecule has 7 heteroatoms. The lowest BCUT2D eigenvalue weighted by molar-refractivity contribution is 0.0600. The maximum Gasteiger partial charge on any atom is 0.337 e. The van der Waals surface area contributed by atoms with E-state index in [1.54, 1.807) is 12.1 Å². The highest BCUT2D eigenvalue weighted by Crippen LogP contribution is 2.31. The van der Waals surface area contributed by atoms with Crippen LogP contribution in [0.2, 0.25) is 0 Å². The van der Waals surface area contributed by atoms with Crippen molar-refractivity contribution in [1.29, 1.82) is 0 Å². The van der Waals surface area contributed by atoms with Crippen LogP contribution in [0.5, 0.6) is 5.75 Å². The van der Waals surface area contributed by atoms with Crippen LogP contribution in [0, 0.1) is 0 Å². The number of rotatable bonds is 5. The van der Waals surface area contributed by atoms with Crippen molar-refractivity contribution in [3.8, 4) is 17.2 Å². The lowest BCUT2D eigenvalue weighted by Gasteiger charge is -2.02. The zero-order valence-electron chi connectivity index (χ0n) is 14.1. The van der Waals surface area contributed by atoms with E-state index in [4.69, 9.17) is 13.9 Å². The minimum absolute atomic E-state index is 0.350. The molecule has 0 spiro atoms. The number of ether oxygens (including phenoxy) is 2. The number of fused-ring (bicyclic) bond motifs is 1. The second-order valence-corrected chi connectivity index (χ2v) is 6.70. The molecular formula is C19H16N2O4S. The normalized spacial score (nSPS) is 12.5. The fraction of sp³-hybridized carbons (Fsp3) is 0.211. The first-order chi connectivity index (χ1) is 12.7. The summed E-state index contributed by atoms with van der Waals surface area (Å²) in [6.07, 6.45) is 0.898. The van der Waals surface area contributed by atoms with Crippen molar-refractivity contribution in [2.45, 2.75) is 17.4 Å². The van der Waals surface area contributed by atoms with E-state index < -0.39 is 0 Å². The highest BCUT2D eigenvalue weighted by atomic mass is 32.2. The first-order valence-corrected chi connectivity index (χ1v) is 9.11. The van der Waals surface area contributed by atoms with Gasteiger partial charge >= 0.3 is 5.97 Å². The van der Waals surface area contributed by atoms with Crippen LogP contribution in [0.4, 0.5) is 0 Å². The summed E-state index contributed by atoms with van der Waals surface area (Å²) in [5, 5.41) is 8.72. The number of carbonyl (C=O) groups is 1. The number of hydrogen-bond donors (Lipinski definition) is 0. The molecule has 4 rings (SSSR count). The molecule has 0 amide bonds. The Morgan fingerprint density at radius 1 is 1.23 bits per heavy atom. The predicted octanol–water partition coefficient (Wildman–Crippen LogP) is 3.75. The maximum absolute atomic E-state index is 11.6. The van der Waals surface area contributed by atoms with E-state index in [1.165, 1.54) is 18.9 Å². The number of thioether (sulfide) groups is 1. The van der Waals surface area contributed by atoms with E-state index in [2.05, 4.69) is 10.2 Å². The Hall–Kier alpha value is -2.80. The smallest absolute Gasteiger partial charge is 0.337 e. The quantitative estimate of drug-likeness (QED) is 0.501. The Bertz CT molecular complexity index is 954. The van der Waals surface area contributed by atoms with Gasteiger partial charge in [0.25, 0.3) is 5.22 Å². The van der Waals surface area contributed by atoms with E-state index in [0.29, 0.717) is 29.0 Å². The van der Waals surface area contributed by atoms with Gasteiger partial charge in [0.1, 0.15) is 5.75 Å². The molecule has 3 aromatic rings. The molecule has 1 aliphatic heterocycles. The van der Waals surface area contributed by atoms with E-state index in [0.717, 1.165) is 28.9 Å².